The molecule has 3 rings (SSSR count). The standard InChI is InChI=1S/C12H18N2.C9H13N.W/c1-12(2,3)11-7-6-9-10(14-11)5-4-8-13-9;1-9(2,3)8-6-4-5-7-10-8;/h6-7,13H,4-5,8H2,1-3H3;4-7H,1-3H3;. The molecule has 1 aliphatic rings. The zero-order valence-corrected chi connectivity index (χ0v) is 19.3. The molecule has 1 aliphatic heterocycles. The molecule has 0 atom stereocenters. The smallest absolute Gasteiger partial charge is 0.0638 e. The maximum atomic E-state index is 4.72. The van der Waals surface area contributed by atoms with Gasteiger partial charge in [-0.25, -0.2) is 0 Å². The Bertz CT molecular complexity index is 655. The first-order valence-electron chi connectivity index (χ1n) is 8.84. The van der Waals surface area contributed by atoms with Crippen LogP contribution >= 0.6 is 0 Å². The van der Waals surface area contributed by atoms with E-state index >= 15 is 0 Å². The number of aryl methyl sites for hydroxylation is 1. The van der Waals surface area contributed by atoms with Gasteiger partial charge in [0, 0.05) is 56.0 Å². The average molecular weight is 509 g/mol. The Hall–Kier alpha value is -1.21. The van der Waals surface area contributed by atoms with Crippen LogP contribution in [0, 0.1) is 0 Å². The molecule has 0 bridgehead atoms. The van der Waals surface area contributed by atoms with E-state index in [1.807, 2.05) is 18.3 Å². The van der Waals surface area contributed by atoms with E-state index in [0.717, 1.165) is 18.7 Å². The molecule has 25 heavy (non-hydrogen) atoms. The Morgan fingerprint density at radius 3 is 2.08 bits per heavy atom. The fraction of sp³-hybridized carbons (Fsp3) is 0.524. The minimum Gasteiger partial charge on any atom is -0.384 e. The third-order valence-corrected chi connectivity index (χ3v) is 4.08. The third kappa shape index (κ3) is 6.55. The predicted molar refractivity (Wildman–Crippen MR) is 103 cm³/mol. The largest absolute Gasteiger partial charge is 0.384 e. The van der Waals surface area contributed by atoms with Crippen LogP contribution in [0.1, 0.15) is 65.0 Å². The number of anilines is 1. The SMILES string of the molecule is CC(C)(C)c1ccc2c(n1)CCCN2.CC(C)(C)c1ccccn1.[W]. The van der Waals surface area contributed by atoms with E-state index < -0.39 is 0 Å². The van der Waals surface area contributed by atoms with Gasteiger partial charge in [-0.2, -0.15) is 0 Å². The van der Waals surface area contributed by atoms with Crippen LogP contribution in [0.15, 0.2) is 36.5 Å². The first kappa shape index (κ1) is 21.8. The molecule has 0 saturated heterocycles. The van der Waals surface area contributed by atoms with Gasteiger partial charge in [-0.1, -0.05) is 47.6 Å². The topological polar surface area (TPSA) is 37.8 Å². The maximum absolute atomic E-state index is 4.72. The normalized spacial score (nSPS) is 13.5. The van der Waals surface area contributed by atoms with E-state index in [-0.39, 0.29) is 31.9 Å². The molecule has 0 saturated carbocycles. The Morgan fingerprint density at radius 1 is 0.880 bits per heavy atom. The molecule has 3 heterocycles. The van der Waals surface area contributed by atoms with Crippen LogP contribution in [-0.4, -0.2) is 16.5 Å². The van der Waals surface area contributed by atoms with Crippen molar-refractivity contribution in [1.82, 2.24) is 9.97 Å². The molecule has 2 aromatic rings. The molecule has 0 spiro atoms. The van der Waals surface area contributed by atoms with Crippen LogP contribution < -0.4 is 5.32 Å². The van der Waals surface area contributed by atoms with Gasteiger partial charge in [-0.05, 0) is 37.1 Å². The Balaban J connectivity index is 0.000000254. The molecule has 0 unspecified atom stereocenters. The van der Waals surface area contributed by atoms with Crippen LogP contribution in [0.25, 0.3) is 0 Å². The summed E-state index contributed by atoms with van der Waals surface area (Å²) in [6.07, 6.45) is 4.15. The Morgan fingerprint density at radius 2 is 1.56 bits per heavy atom. The van der Waals surface area contributed by atoms with E-state index in [0.29, 0.717) is 0 Å². The van der Waals surface area contributed by atoms with E-state index in [9.17, 15) is 0 Å². The number of pyridine rings is 2. The molecule has 0 aliphatic carbocycles. The van der Waals surface area contributed by atoms with Gasteiger partial charge in [-0.3, -0.25) is 9.97 Å². The molecule has 0 radical (unpaired) electrons. The molecule has 0 amide bonds. The van der Waals surface area contributed by atoms with Gasteiger partial charge in [0.25, 0.3) is 0 Å². The fourth-order valence-electron chi connectivity index (χ4n) is 2.56. The summed E-state index contributed by atoms with van der Waals surface area (Å²) in [7, 11) is 0. The molecule has 2 aromatic heterocycles. The van der Waals surface area contributed by atoms with Crippen molar-refractivity contribution in [2.24, 2.45) is 0 Å². The van der Waals surface area contributed by atoms with Crippen LogP contribution in [-0.2, 0) is 38.3 Å². The monoisotopic (exact) mass is 509 g/mol. The van der Waals surface area contributed by atoms with Crippen LogP contribution in [0.5, 0.6) is 0 Å². The van der Waals surface area contributed by atoms with Crippen molar-refractivity contribution in [2.75, 3.05) is 11.9 Å². The zero-order chi connectivity index (χ0) is 17.8. The van der Waals surface area contributed by atoms with Gasteiger partial charge in [0.1, 0.15) is 0 Å². The van der Waals surface area contributed by atoms with Gasteiger partial charge >= 0.3 is 0 Å². The van der Waals surface area contributed by atoms with Crippen molar-refractivity contribution >= 4 is 5.69 Å². The van der Waals surface area contributed by atoms with E-state index in [4.69, 9.17) is 4.98 Å². The van der Waals surface area contributed by atoms with Gasteiger partial charge < -0.3 is 5.32 Å². The minimum atomic E-state index is 0. The van der Waals surface area contributed by atoms with Crippen molar-refractivity contribution in [2.45, 2.75) is 65.2 Å². The number of fused-ring (bicyclic) bond motifs is 1. The summed E-state index contributed by atoms with van der Waals surface area (Å²) in [5, 5.41) is 3.38. The minimum absolute atomic E-state index is 0. The van der Waals surface area contributed by atoms with E-state index in [1.54, 1.807) is 0 Å². The summed E-state index contributed by atoms with van der Waals surface area (Å²) in [6, 6.07) is 10.3. The van der Waals surface area contributed by atoms with Crippen LogP contribution in [0.3, 0.4) is 0 Å². The number of hydrogen-bond acceptors (Lipinski definition) is 3. The third-order valence-electron chi connectivity index (χ3n) is 4.08. The quantitative estimate of drug-likeness (QED) is 0.537. The molecular formula is C21H31N3W. The second kappa shape index (κ2) is 8.94. The summed E-state index contributed by atoms with van der Waals surface area (Å²) in [6.45, 7) is 14.2. The predicted octanol–water partition coefficient (Wildman–Crippen LogP) is 5.11. The number of hydrogen-bond donors (Lipinski definition) is 1. The van der Waals surface area contributed by atoms with Gasteiger partial charge in [0.05, 0.1) is 11.4 Å². The second-order valence-corrected chi connectivity index (χ2v) is 8.44. The van der Waals surface area contributed by atoms with Crippen molar-refractivity contribution in [3.05, 3.63) is 53.6 Å². The summed E-state index contributed by atoms with van der Waals surface area (Å²) in [5.74, 6) is 0. The molecule has 136 valence electrons. The van der Waals surface area contributed by atoms with Gasteiger partial charge in [-0.15, -0.1) is 0 Å². The van der Waals surface area contributed by atoms with Crippen LogP contribution in [0.2, 0.25) is 0 Å². The first-order valence-corrected chi connectivity index (χ1v) is 8.84. The number of rotatable bonds is 0. The van der Waals surface area contributed by atoms with Gasteiger partial charge in [0.15, 0.2) is 0 Å². The number of nitrogens with one attached hydrogen (secondary N) is 1. The average Bonchev–Trinajstić information content (AvgIpc) is 2.54. The maximum Gasteiger partial charge on any atom is 0.0638 e. The summed E-state index contributed by atoms with van der Waals surface area (Å²) >= 11 is 0. The summed E-state index contributed by atoms with van der Waals surface area (Å²) in [5.41, 5.74) is 5.15. The molecular weight excluding hydrogens is 478 g/mol. The number of aromatic nitrogens is 2. The van der Waals surface area contributed by atoms with E-state index in [2.05, 4.69) is 70.0 Å². The first-order chi connectivity index (χ1) is 11.2. The number of nitrogens with zero attached hydrogens (tertiary/aromatic N) is 2. The van der Waals surface area contributed by atoms with Crippen molar-refractivity contribution in [1.29, 1.82) is 0 Å². The molecule has 0 fully saturated rings. The second-order valence-electron chi connectivity index (χ2n) is 8.44. The zero-order valence-electron chi connectivity index (χ0n) is 16.4. The molecule has 3 nitrogen and oxygen atoms in total. The Kier molecular flexibility index (Phi) is 7.81. The van der Waals surface area contributed by atoms with E-state index in [1.165, 1.54) is 23.5 Å². The fourth-order valence-corrected chi connectivity index (χ4v) is 2.56. The van der Waals surface area contributed by atoms with Crippen molar-refractivity contribution < 1.29 is 21.1 Å². The summed E-state index contributed by atoms with van der Waals surface area (Å²) in [4.78, 5) is 8.97. The van der Waals surface area contributed by atoms with Gasteiger partial charge in [0.2, 0.25) is 0 Å². The Labute approximate surface area is 167 Å². The molecule has 1 N–H and O–H groups in total. The van der Waals surface area contributed by atoms with Crippen LogP contribution in [0.4, 0.5) is 5.69 Å². The van der Waals surface area contributed by atoms with Crippen molar-refractivity contribution in [3.8, 4) is 0 Å². The molecule has 0 aromatic carbocycles. The summed E-state index contributed by atoms with van der Waals surface area (Å²) < 4.78 is 0. The molecule has 4 heteroatoms. The van der Waals surface area contributed by atoms with Crippen molar-refractivity contribution in [3.63, 3.8) is 0 Å².